The van der Waals surface area contributed by atoms with Crippen molar-refractivity contribution in [3.05, 3.63) is 48.0 Å². The van der Waals surface area contributed by atoms with Gasteiger partial charge in [0.05, 0.1) is 0 Å². The van der Waals surface area contributed by atoms with Crippen molar-refractivity contribution in [2.75, 3.05) is 13.1 Å². The standard InChI is InChI=1S/C13H13N/c1-2-4-13-9-11(10-14-7-8-14)5-6-12(13)3-1/h1-6,9H,7-8,10H2. The van der Waals surface area contributed by atoms with E-state index in [4.69, 9.17) is 0 Å². The Morgan fingerprint density at radius 3 is 2.50 bits per heavy atom. The van der Waals surface area contributed by atoms with Crippen LogP contribution < -0.4 is 0 Å². The second kappa shape index (κ2) is 3.10. The summed E-state index contributed by atoms with van der Waals surface area (Å²) in [6.45, 7) is 3.66. The van der Waals surface area contributed by atoms with Crippen LogP contribution in [0.25, 0.3) is 10.8 Å². The number of benzene rings is 2. The van der Waals surface area contributed by atoms with Crippen LogP contribution in [0.15, 0.2) is 42.5 Å². The van der Waals surface area contributed by atoms with Gasteiger partial charge in [-0.05, 0) is 22.4 Å². The minimum atomic E-state index is 1.12. The van der Waals surface area contributed by atoms with Crippen LogP contribution >= 0.6 is 0 Å². The van der Waals surface area contributed by atoms with Gasteiger partial charge < -0.3 is 0 Å². The molecule has 1 aliphatic rings. The van der Waals surface area contributed by atoms with Gasteiger partial charge in [-0.15, -0.1) is 0 Å². The molecular weight excluding hydrogens is 170 g/mol. The molecular formula is C13H13N. The molecule has 0 bridgehead atoms. The predicted octanol–water partition coefficient (Wildman–Crippen LogP) is 2.66. The molecule has 14 heavy (non-hydrogen) atoms. The third kappa shape index (κ3) is 1.51. The fourth-order valence-electron chi connectivity index (χ4n) is 1.82. The van der Waals surface area contributed by atoms with E-state index < -0.39 is 0 Å². The van der Waals surface area contributed by atoms with Crippen molar-refractivity contribution in [2.45, 2.75) is 6.54 Å². The van der Waals surface area contributed by atoms with E-state index in [1.54, 1.807) is 0 Å². The van der Waals surface area contributed by atoms with E-state index in [2.05, 4.69) is 47.4 Å². The Morgan fingerprint density at radius 2 is 1.71 bits per heavy atom. The summed E-state index contributed by atoms with van der Waals surface area (Å²) in [5, 5.41) is 2.69. The molecule has 1 heteroatoms. The molecule has 0 amide bonds. The van der Waals surface area contributed by atoms with E-state index in [1.807, 2.05) is 0 Å². The van der Waals surface area contributed by atoms with Crippen LogP contribution in [-0.4, -0.2) is 18.0 Å². The summed E-state index contributed by atoms with van der Waals surface area (Å²) in [7, 11) is 0. The summed E-state index contributed by atoms with van der Waals surface area (Å²) in [5.41, 5.74) is 1.43. The zero-order chi connectivity index (χ0) is 9.38. The highest BCUT2D eigenvalue weighted by molar-refractivity contribution is 5.82. The van der Waals surface area contributed by atoms with Gasteiger partial charge in [-0.1, -0.05) is 36.4 Å². The van der Waals surface area contributed by atoms with Gasteiger partial charge in [0, 0.05) is 19.6 Å². The SMILES string of the molecule is c1ccc2cc(CN3CC3)ccc2c1. The first-order valence-electron chi connectivity index (χ1n) is 5.12. The lowest BCUT2D eigenvalue weighted by atomic mass is 10.1. The van der Waals surface area contributed by atoms with Gasteiger partial charge in [0.15, 0.2) is 0 Å². The molecule has 70 valence electrons. The van der Waals surface area contributed by atoms with E-state index in [9.17, 15) is 0 Å². The molecule has 0 unspecified atom stereocenters. The smallest absolute Gasteiger partial charge is 0.0235 e. The van der Waals surface area contributed by atoms with E-state index in [-0.39, 0.29) is 0 Å². The Bertz CT molecular complexity index is 457. The number of nitrogens with zero attached hydrogens (tertiary/aromatic N) is 1. The van der Waals surface area contributed by atoms with Crippen molar-refractivity contribution in [3.8, 4) is 0 Å². The summed E-state index contributed by atoms with van der Waals surface area (Å²) < 4.78 is 0. The van der Waals surface area contributed by atoms with Crippen LogP contribution in [0, 0.1) is 0 Å². The molecule has 0 aliphatic carbocycles. The maximum atomic E-state index is 2.43. The lowest BCUT2D eigenvalue weighted by Crippen LogP contribution is -1.95. The van der Waals surface area contributed by atoms with Crippen LogP contribution in [0.5, 0.6) is 0 Å². The van der Waals surface area contributed by atoms with Gasteiger partial charge in [-0.25, -0.2) is 0 Å². The summed E-state index contributed by atoms with van der Waals surface area (Å²) >= 11 is 0. The minimum Gasteiger partial charge on any atom is -0.297 e. The quantitative estimate of drug-likeness (QED) is 0.647. The fraction of sp³-hybridized carbons (Fsp3) is 0.231. The van der Waals surface area contributed by atoms with Crippen LogP contribution in [0.4, 0.5) is 0 Å². The fourth-order valence-corrected chi connectivity index (χ4v) is 1.82. The molecule has 0 aromatic heterocycles. The van der Waals surface area contributed by atoms with Gasteiger partial charge in [0.2, 0.25) is 0 Å². The van der Waals surface area contributed by atoms with E-state index >= 15 is 0 Å². The molecule has 0 spiro atoms. The Hall–Kier alpha value is -1.34. The predicted molar refractivity (Wildman–Crippen MR) is 59.2 cm³/mol. The van der Waals surface area contributed by atoms with Gasteiger partial charge in [0.25, 0.3) is 0 Å². The average Bonchev–Trinajstić information content (AvgIpc) is 3.02. The van der Waals surface area contributed by atoms with Crippen LogP contribution in [0.3, 0.4) is 0 Å². The molecule has 1 heterocycles. The highest BCUT2D eigenvalue weighted by Crippen LogP contribution is 2.18. The van der Waals surface area contributed by atoms with Crippen LogP contribution in [0.2, 0.25) is 0 Å². The molecule has 0 N–H and O–H groups in total. The van der Waals surface area contributed by atoms with Crippen LogP contribution in [0.1, 0.15) is 5.56 Å². The largest absolute Gasteiger partial charge is 0.297 e. The third-order valence-corrected chi connectivity index (χ3v) is 2.76. The molecule has 2 aromatic carbocycles. The third-order valence-electron chi connectivity index (χ3n) is 2.76. The number of rotatable bonds is 2. The highest BCUT2D eigenvalue weighted by Gasteiger charge is 2.16. The normalized spacial score (nSPS) is 16.0. The topological polar surface area (TPSA) is 3.01 Å². The first-order chi connectivity index (χ1) is 6.92. The Balaban J connectivity index is 2.01. The average molecular weight is 183 g/mol. The summed E-state index contributed by atoms with van der Waals surface area (Å²) in [6.07, 6.45) is 0. The maximum Gasteiger partial charge on any atom is 0.0235 e. The van der Waals surface area contributed by atoms with Gasteiger partial charge >= 0.3 is 0 Å². The molecule has 1 saturated heterocycles. The number of hydrogen-bond acceptors (Lipinski definition) is 1. The zero-order valence-corrected chi connectivity index (χ0v) is 8.11. The molecule has 0 saturated carbocycles. The van der Waals surface area contributed by atoms with Crippen molar-refractivity contribution in [1.82, 2.24) is 4.90 Å². The molecule has 0 radical (unpaired) electrons. The Morgan fingerprint density at radius 1 is 0.929 bits per heavy atom. The molecule has 1 nitrogen and oxygen atoms in total. The Labute approximate surface area is 84.0 Å². The van der Waals surface area contributed by atoms with Gasteiger partial charge in [0.1, 0.15) is 0 Å². The van der Waals surface area contributed by atoms with Crippen molar-refractivity contribution in [3.63, 3.8) is 0 Å². The lowest BCUT2D eigenvalue weighted by Gasteiger charge is -2.03. The lowest BCUT2D eigenvalue weighted by molar-refractivity contribution is 0.557. The highest BCUT2D eigenvalue weighted by atomic mass is 15.2. The molecule has 0 atom stereocenters. The van der Waals surface area contributed by atoms with Crippen molar-refractivity contribution >= 4 is 10.8 Å². The zero-order valence-electron chi connectivity index (χ0n) is 8.11. The molecule has 2 aromatic rings. The summed E-state index contributed by atoms with van der Waals surface area (Å²) in [6, 6.07) is 15.3. The second-order valence-corrected chi connectivity index (χ2v) is 3.96. The van der Waals surface area contributed by atoms with Gasteiger partial charge in [-0.3, -0.25) is 4.90 Å². The minimum absolute atomic E-state index is 1.12. The van der Waals surface area contributed by atoms with E-state index in [0.29, 0.717) is 0 Å². The van der Waals surface area contributed by atoms with Gasteiger partial charge in [-0.2, -0.15) is 0 Å². The van der Waals surface area contributed by atoms with Crippen molar-refractivity contribution in [2.24, 2.45) is 0 Å². The molecule has 1 aliphatic heterocycles. The monoisotopic (exact) mass is 183 g/mol. The maximum absolute atomic E-state index is 2.43. The van der Waals surface area contributed by atoms with Crippen molar-refractivity contribution < 1.29 is 0 Å². The summed E-state index contributed by atoms with van der Waals surface area (Å²) in [5.74, 6) is 0. The first kappa shape index (κ1) is 8.01. The Kier molecular flexibility index (Phi) is 1.78. The number of hydrogen-bond donors (Lipinski definition) is 0. The van der Waals surface area contributed by atoms with E-state index in [1.165, 1.54) is 29.4 Å². The molecule has 1 fully saturated rings. The first-order valence-corrected chi connectivity index (χ1v) is 5.12. The molecule has 3 rings (SSSR count). The summed E-state index contributed by atoms with van der Waals surface area (Å²) in [4.78, 5) is 2.43. The number of fused-ring (bicyclic) bond motifs is 1. The van der Waals surface area contributed by atoms with Crippen molar-refractivity contribution in [1.29, 1.82) is 0 Å². The van der Waals surface area contributed by atoms with Crippen LogP contribution in [-0.2, 0) is 6.54 Å². The van der Waals surface area contributed by atoms with E-state index in [0.717, 1.165) is 6.54 Å². The second-order valence-electron chi connectivity index (χ2n) is 3.96.